The molecule has 2 rings (SSSR count). The number of hydrogen-bond acceptors (Lipinski definition) is 4. The highest BCUT2D eigenvalue weighted by atomic mass is 35.5. The third-order valence-corrected chi connectivity index (χ3v) is 4.02. The minimum atomic E-state index is -0.653. The van der Waals surface area contributed by atoms with Crippen molar-refractivity contribution in [2.45, 2.75) is 33.3 Å². The number of nitrogens with one attached hydrogen (secondary N) is 1. The maximum atomic E-state index is 12.5. The number of halogens is 1. The van der Waals surface area contributed by atoms with Crippen molar-refractivity contribution in [2.24, 2.45) is 0 Å². The lowest BCUT2D eigenvalue weighted by Crippen LogP contribution is -2.32. The Labute approximate surface area is 158 Å². The van der Waals surface area contributed by atoms with Gasteiger partial charge in [-0.2, -0.15) is 0 Å². The van der Waals surface area contributed by atoms with Crippen LogP contribution in [0.1, 0.15) is 36.2 Å². The summed E-state index contributed by atoms with van der Waals surface area (Å²) in [6.07, 6.45) is -0.155. The summed E-state index contributed by atoms with van der Waals surface area (Å²) in [5.41, 5.74) is 1.77. The van der Waals surface area contributed by atoms with Crippen LogP contribution in [-0.4, -0.2) is 24.6 Å². The molecular weight excluding hydrogens is 354 g/mol. The van der Waals surface area contributed by atoms with E-state index in [1.54, 1.807) is 19.1 Å². The van der Waals surface area contributed by atoms with Crippen LogP contribution in [-0.2, 0) is 9.53 Å². The van der Waals surface area contributed by atoms with E-state index >= 15 is 0 Å². The fourth-order valence-corrected chi connectivity index (χ4v) is 2.49. The first-order chi connectivity index (χ1) is 12.4. The van der Waals surface area contributed by atoms with Crippen LogP contribution in [0.5, 0.6) is 5.75 Å². The van der Waals surface area contributed by atoms with Gasteiger partial charge in [0.2, 0.25) is 0 Å². The van der Waals surface area contributed by atoms with Crippen LogP contribution >= 0.6 is 11.6 Å². The van der Waals surface area contributed by atoms with Gasteiger partial charge < -0.3 is 14.8 Å². The molecule has 0 heterocycles. The van der Waals surface area contributed by atoms with Crippen LogP contribution in [0.3, 0.4) is 0 Å². The summed E-state index contributed by atoms with van der Waals surface area (Å²) in [6.45, 7) is 5.81. The van der Waals surface area contributed by atoms with Crippen LogP contribution in [0.25, 0.3) is 0 Å². The molecule has 0 aromatic heterocycles. The number of carbonyl (C=O) groups is 2. The smallest absolute Gasteiger partial charge is 0.339 e. The molecule has 138 valence electrons. The first-order valence-corrected chi connectivity index (χ1v) is 8.83. The molecule has 26 heavy (non-hydrogen) atoms. The number of esters is 1. The Morgan fingerprint density at radius 1 is 1.12 bits per heavy atom. The lowest BCUT2D eigenvalue weighted by atomic mass is 10.2. The van der Waals surface area contributed by atoms with Crippen LogP contribution in [0.15, 0.2) is 42.5 Å². The summed E-state index contributed by atoms with van der Waals surface area (Å²) in [5.74, 6) is -0.206. The molecule has 5 nitrogen and oxygen atoms in total. The van der Waals surface area contributed by atoms with Crippen molar-refractivity contribution < 1.29 is 19.1 Å². The molecule has 1 amide bonds. The number of anilines is 1. The van der Waals surface area contributed by atoms with Crippen LogP contribution in [0, 0.1) is 6.92 Å². The zero-order chi connectivity index (χ0) is 19.1. The lowest BCUT2D eigenvalue weighted by molar-refractivity contribution is -0.122. The standard InChI is InChI=1S/C20H22ClNO4/c1-4-18(26-15-9-6-13(3)7-10-15)19(23)22-14-8-11-17(21)16(12-14)20(24)25-5-2/h6-12,18H,4-5H2,1-3H3,(H,22,23)/t18-/m0/s1. The van der Waals surface area contributed by atoms with Gasteiger partial charge in [-0.15, -0.1) is 0 Å². The van der Waals surface area contributed by atoms with Gasteiger partial charge in [-0.25, -0.2) is 4.79 Å². The van der Waals surface area contributed by atoms with Gasteiger partial charge in [-0.1, -0.05) is 36.2 Å². The van der Waals surface area contributed by atoms with Crippen molar-refractivity contribution in [3.8, 4) is 5.75 Å². The van der Waals surface area contributed by atoms with Crippen molar-refractivity contribution in [1.29, 1.82) is 0 Å². The third kappa shape index (κ3) is 5.23. The first kappa shape index (κ1) is 19.8. The highest BCUT2D eigenvalue weighted by Gasteiger charge is 2.20. The van der Waals surface area contributed by atoms with E-state index in [0.717, 1.165) is 5.56 Å². The predicted octanol–water partition coefficient (Wildman–Crippen LogP) is 4.62. The number of hydrogen-bond donors (Lipinski definition) is 1. The normalized spacial score (nSPS) is 11.5. The summed E-state index contributed by atoms with van der Waals surface area (Å²) < 4.78 is 10.7. The van der Waals surface area contributed by atoms with Gasteiger partial charge in [0.15, 0.2) is 6.10 Å². The molecule has 2 aromatic rings. The average molecular weight is 376 g/mol. The minimum Gasteiger partial charge on any atom is -0.481 e. The third-order valence-electron chi connectivity index (χ3n) is 3.69. The van der Waals surface area contributed by atoms with Crippen LogP contribution < -0.4 is 10.1 Å². The van der Waals surface area contributed by atoms with Gasteiger partial charge in [-0.3, -0.25) is 4.79 Å². The largest absolute Gasteiger partial charge is 0.481 e. The fraction of sp³-hybridized carbons (Fsp3) is 0.300. The Kier molecular flexibility index (Phi) is 7.04. The van der Waals surface area contributed by atoms with Gasteiger partial charge in [0.25, 0.3) is 5.91 Å². The fourth-order valence-electron chi connectivity index (χ4n) is 2.29. The van der Waals surface area contributed by atoms with Crippen LogP contribution in [0.2, 0.25) is 5.02 Å². The van der Waals surface area contributed by atoms with Crippen molar-refractivity contribution in [2.75, 3.05) is 11.9 Å². The Balaban J connectivity index is 2.10. The molecule has 6 heteroatoms. The zero-order valence-corrected chi connectivity index (χ0v) is 15.8. The number of ether oxygens (including phenoxy) is 2. The summed E-state index contributed by atoms with van der Waals surface area (Å²) in [6, 6.07) is 12.2. The van der Waals surface area contributed by atoms with Crippen molar-refractivity contribution in [3.05, 3.63) is 58.6 Å². The highest BCUT2D eigenvalue weighted by molar-refractivity contribution is 6.33. The molecule has 0 aliphatic heterocycles. The number of rotatable bonds is 7. The molecule has 0 fully saturated rings. The van der Waals surface area contributed by atoms with Gasteiger partial charge in [0.1, 0.15) is 5.75 Å². The Hall–Kier alpha value is -2.53. The second-order valence-electron chi connectivity index (χ2n) is 5.73. The van der Waals surface area contributed by atoms with Gasteiger partial charge >= 0.3 is 5.97 Å². The molecule has 2 aromatic carbocycles. The summed E-state index contributed by atoms with van der Waals surface area (Å²) >= 11 is 6.04. The Bertz CT molecular complexity index is 774. The second-order valence-corrected chi connectivity index (χ2v) is 6.14. The van der Waals surface area contributed by atoms with Gasteiger partial charge in [0.05, 0.1) is 17.2 Å². The predicted molar refractivity (Wildman–Crippen MR) is 102 cm³/mol. The molecule has 0 unspecified atom stereocenters. The first-order valence-electron chi connectivity index (χ1n) is 8.45. The van der Waals surface area contributed by atoms with Crippen molar-refractivity contribution >= 4 is 29.2 Å². The van der Waals surface area contributed by atoms with Crippen LogP contribution in [0.4, 0.5) is 5.69 Å². The number of aryl methyl sites for hydroxylation is 1. The topological polar surface area (TPSA) is 64.6 Å². The summed E-state index contributed by atoms with van der Waals surface area (Å²) in [5, 5.41) is 3.03. The maximum Gasteiger partial charge on any atom is 0.339 e. The highest BCUT2D eigenvalue weighted by Crippen LogP contribution is 2.22. The van der Waals surface area contributed by atoms with E-state index in [-0.39, 0.29) is 23.1 Å². The zero-order valence-electron chi connectivity index (χ0n) is 15.0. The minimum absolute atomic E-state index is 0.207. The van der Waals surface area contributed by atoms with E-state index in [4.69, 9.17) is 21.1 Å². The van der Waals surface area contributed by atoms with E-state index in [9.17, 15) is 9.59 Å². The summed E-state index contributed by atoms with van der Waals surface area (Å²) in [7, 11) is 0. The van der Waals surface area contributed by atoms with E-state index in [1.807, 2.05) is 38.1 Å². The Morgan fingerprint density at radius 2 is 1.81 bits per heavy atom. The SMILES string of the molecule is CCOC(=O)c1cc(NC(=O)[C@H](CC)Oc2ccc(C)cc2)ccc1Cl. The number of amides is 1. The van der Waals surface area contributed by atoms with E-state index in [0.29, 0.717) is 17.9 Å². The Morgan fingerprint density at radius 3 is 2.42 bits per heavy atom. The van der Waals surface area contributed by atoms with Gasteiger partial charge in [0, 0.05) is 5.69 Å². The molecule has 0 aliphatic rings. The molecule has 0 spiro atoms. The number of benzene rings is 2. The quantitative estimate of drug-likeness (QED) is 0.717. The van der Waals surface area contributed by atoms with Crippen molar-refractivity contribution in [1.82, 2.24) is 0 Å². The number of carbonyl (C=O) groups excluding carboxylic acids is 2. The maximum absolute atomic E-state index is 12.5. The monoisotopic (exact) mass is 375 g/mol. The molecule has 1 atom stereocenters. The molecule has 1 N–H and O–H groups in total. The van der Waals surface area contributed by atoms with E-state index < -0.39 is 12.1 Å². The summed E-state index contributed by atoms with van der Waals surface area (Å²) in [4.78, 5) is 24.4. The second kappa shape index (κ2) is 9.25. The molecule has 0 saturated heterocycles. The molecule has 0 bridgehead atoms. The average Bonchev–Trinajstić information content (AvgIpc) is 2.62. The molecule has 0 radical (unpaired) electrons. The van der Waals surface area contributed by atoms with E-state index in [1.165, 1.54) is 6.07 Å². The molecule has 0 aliphatic carbocycles. The van der Waals surface area contributed by atoms with Gasteiger partial charge in [-0.05, 0) is 50.6 Å². The van der Waals surface area contributed by atoms with E-state index in [2.05, 4.69) is 5.32 Å². The van der Waals surface area contributed by atoms with Crippen molar-refractivity contribution in [3.63, 3.8) is 0 Å². The lowest BCUT2D eigenvalue weighted by Gasteiger charge is -2.18. The molecule has 0 saturated carbocycles. The molecular formula is C20H22ClNO4.